The van der Waals surface area contributed by atoms with Gasteiger partial charge in [-0.15, -0.1) is 0 Å². The van der Waals surface area contributed by atoms with Gasteiger partial charge in [0.25, 0.3) is 10.1 Å². The fourth-order valence-corrected chi connectivity index (χ4v) is 10.8. The molecule has 9 aromatic carbocycles. The van der Waals surface area contributed by atoms with Gasteiger partial charge in [-0.25, -0.2) is 0 Å². The fourth-order valence-electron chi connectivity index (χ4n) is 10.2. The van der Waals surface area contributed by atoms with Crippen molar-refractivity contribution in [1.82, 2.24) is 4.57 Å². The van der Waals surface area contributed by atoms with Gasteiger partial charge in [0, 0.05) is 53.9 Å². The molecule has 370 valence electrons. The molecule has 11 heteroatoms. The molecule has 10 aromatic rings. The molecule has 4 N–H and O–H groups in total. The number of carbonyl (C=O) groups excluding carboxylic acids is 2. The summed E-state index contributed by atoms with van der Waals surface area (Å²) in [7, 11) is -2.54. The summed E-state index contributed by atoms with van der Waals surface area (Å²) in [5.41, 5.74) is 18.2. The lowest BCUT2D eigenvalue weighted by atomic mass is 9.82. The number of fused-ring (bicyclic) bond motifs is 3. The van der Waals surface area contributed by atoms with Crippen molar-refractivity contribution in [2.75, 3.05) is 33.9 Å². The second kappa shape index (κ2) is 21.1. The van der Waals surface area contributed by atoms with Gasteiger partial charge in [0.1, 0.15) is 10.6 Å². The quantitative estimate of drug-likeness (QED) is 0.0585. The molecule has 0 radical (unpaired) electrons. The molecular weight excluding hydrogens is 951 g/mol. The predicted octanol–water partition coefficient (Wildman–Crippen LogP) is 14.2. The van der Waals surface area contributed by atoms with Gasteiger partial charge >= 0.3 is 0 Å². The Morgan fingerprint density at radius 3 is 1.47 bits per heavy atom. The molecule has 0 bridgehead atoms. The molecule has 1 heterocycles. The number of para-hydroxylation sites is 4. The van der Waals surface area contributed by atoms with Gasteiger partial charge in [0.05, 0.1) is 67.4 Å². The highest BCUT2D eigenvalue weighted by Crippen LogP contribution is 2.45. The van der Waals surface area contributed by atoms with Gasteiger partial charge in [-0.2, -0.15) is 8.42 Å². The third-order valence-corrected chi connectivity index (χ3v) is 14.5. The van der Waals surface area contributed by atoms with Crippen LogP contribution in [0.25, 0.3) is 22.2 Å². The van der Waals surface area contributed by atoms with E-state index in [1.807, 2.05) is 0 Å². The zero-order chi connectivity index (χ0) is 52.2. The number of nitrogens with one attached hydrogen (secondary N) is 1. The highest BCUT2D eigenvalue weighted by Gasteiger charge is 2.37. The van der Waals surface area contributed by atoms with Crippen LogP contribution in [0.4, 0.5) is 39.8 Å². The molecule has 1 aliphatic rings. The van der Waals surface area contributed by atoms with Crippen molar-refractivity contribution in [2.45, 2.75) is 18.7 Å². The standard InChI is InChI=1S/C44H40N3.C20H14N2O5S/c1-4-46(36-19-11-7-12-20-36)38-29-25-33(26-30-38)42(34-27-31-39(32-28-34)47(5-2)37-21-13-8-14-22-37)43-40-23-15-16-24-41(40)45(3)44(43)35-17-9-6-10-18-35;21-18-15(28(25,26)27)10-14(22-11-6-2-1-3-7-11)16-17(18)20(24)13-9-5-4-8-12(13)19(16)23/h6-32H,4-5H2,1-3H3;1-10,22H,21H2,(H,25,26,27)/q+1;. The third-order valence-electron chi connectivity index (χ3n) is 13.6. The van der Waals surface area contributed by atoms with Gasteiger partial charge in [-0.1, -0.05) is 109 Å². The Morgan fingerprint density at radius 2 is 0.973 bits per heavy atom. The number of carbonyl (C=O) groups is 2. The summed E-state index contributed by atoms with van der Waals surface area (Å²) >= 11 is 0. The fraction of sp³-hybridized carbons (Fsp3) is 0.0781. The van der Waals surface area contributed by atoms with Gasteiger partial charge in [-0.3, -0.25) is 14.1 Å². The summed E-state index contributed by atoms with van der Waals surface area (Å²) in [6.45, 7) is 6.19. The Morgan fingerprint density at radius 1 is 0.547 bits per heavy atom. The van der Waals surface area contributed by atoms with Crippen LogP contribution in [0.3, 0.4) is 0 Å². The molecule has 10 nitrogen and oxygen atoms in total. The summed E-state index contributed by atoms with van der Waals surface area (Å²) in [5, 5.41) is 4.20. The Kier molecular flexibility index (Phi) is 13.9. The van der Waals surface area contributed by atoms with Crippen LogP contribution in [0.5, 0.6) is 0 Å². The zero-order valence-corrected chi connectivity index (χ0v) is 42.5. The van der Waals surface area contributed by atoms with Crippen LogP contribution in [0.2, 0.25) is 0 Å². The van der Waals surface area contributed by atoms with Crippen LogP contribution < -0.4 is 20.9 Å². The van der Waals surface area contributed by atoms with E-state index in [1.54, 1.807) is 42.5 Å². The molecule has 1 aromatic heterocycles. The zero-order valence-electron chi connectivity index (χ0n) is 41.7. The van der Waals surface area contributed by atoms with Crippen LogP contribution in [-0.4, -0.2) is 42.2 Å². The number of anilines is 7. The van der Waals surface area contributed by atoms with Crippen molar-refractivity contribution < 1.29 is 22.6 Å². The molecule has 11 rings (SSSR count). The number of nitrogen functional groups attached to an aromatic ring is 1. The van der Waals surface area contributed by atoms with E-state index in [0.29, 0.717) is 5.69 Å². The number of benzene rings is 9. The van der Waals surface area contributed by atoms with Crippen molar-refractivity contribution in [3.63, 3.8) is 0 Å². The lowest BCUT2D eigenvalue weighted by Gasteiger charge is -2.24. The number of aryl methyl sites for hydroxylation is 1. The van der Waals surface area contributed by atoms with E-state index < -0.39 is 32.3 Å². The number of ketones is 2. The van der Waals surface area contributed by atoms with Crippen molar-refractivity contribution >= 4 is 72.4 Å². The lowest BCUT2D eigenvalue weighted by Crippen LogP contribution is -2.25. The Bertz CT molecular complexity index is 3700. The van der Waals surface area contributed by atoms with Gasteiger partial charge in [0.15, 0.2) is 11.6 Å². The predicted molar refractivity (Wildman–Crippen MR) is 304 cm³/mol. The highest BCUT2D eigenvalue weighted by molar-refractivity contribution is 7.86. The van der Waals surface area contributed by atoms with Crippen molar-refractivity contribution in [3.05, 3.63) is 269 Å². The van der Waals surface area contributed by atoms with E-state index >= 15 is 0 Å². The SMILES string of the molecule is CCN(c1ccccc1)c1ccc([C+](c2ccc(N(CC)c3ccccc3)cc2)c2c(-c3ccccc3)n(C)c3ccccc23)cc1.Nc1c(S(=O)(=O)O)cc(Nc2ccccc2)c2c1C(=O)c1ccccc1C2=O. The monoisotopic (exact) mass is 1000 g/mol. The van der Waals surface area contributed by atoms with Crippen molar-refractivity contribution in [2.24, 2.45) is 7.05 Å². The molecule has 0 saturated carbocycles. The molecule has 0 amide bonds. The number of rotatable bonds is 13. The second-order valence-electron chi connectivity index (χ2n) is 18.1. The number of hydrogen-bond donors (Lipinski definition) is 3. The van der Waals surface area contributed by atoms with E-state index in [2.05, 4.69) is 204 Å². The van der Waals surface area contributed by atoms with Crippen LogP contribution in [0, 0.1) is 5.92 Å². The first-order valence-electron chi connectivity index (χ1n) is 24.8. The average Bonchev–Trinajstić information content (AvgIpc) is 3.75. The molecule has 0 aliphatic heterocycles. The largest absolute Gasteiger partial charge is 0.397 e. The number of nitrogens with zero attached hydrogens (tertiary/aromatic N) is 3. The van der Waals surface area contributed by atoms with Gasteiger partial charge < -0.3 is 25.4 Å². The summed E-state index contributed by atoms with van der Waals surface area (Å²) in [6.07, 6.45) is 0. The van der Waals surface area contributed by atoms with E-state index in [0.717, 1.165) is 19.2 Å². The molecule has 0 saturated heterocycles. The van der Waals surface area contributed by atoms with E-state index in [1.165, 1.54) is 79.7 Å². The Hall–Kier alpha value is -9.16. The van der Waals surface area contributed by atoms with E-state index in [-0.39, 0.29) is 27.9 Å². The normalized spacial score (nSPS) is 11.8. The summed E-state index contributed by atoms with van der Waals surface area (Å²) in [4.78, 5) is 30.2. The minimum atomic E-state index is -4.73. The molecular formula is C64H54N5O5S+. The maximum absolute atomic E-state index is 13.1. The molecule has 0 atom stereocenters. The van der Waals surface area contributed by atoms with E-state index in [4.69, 9.17) is 5.73 Å². The highest BCUT2D eigenvalue weighted by atomic mass is 32.2. The minimum absolute atomic E-state index is 0.0301. The van der Waals surface area contributed by atoms with Crippen LogP contribution >= 0.6 is 0 Å². The Labute approximate surface area is 437 Å². The van der Waals surface area contributed by atoms with Crippen LogP contribution in [0.15, 0.2) is 229 Å². The maximum Gasteiger partial charge on any atom is 0.296 e. The summed E-state index contributed by atoms with van der Waals surface area (Å²) in [6, 6.07) is 75.1. The molecule has 75 heavy (non-hydrogen) atoms. The van der Waals surface area contributed by atoms with Gasteiger partial charge in [-0.05, 0) is 129 Å². The molecule has 0 unspecified atom stereocenters. The first-order valence-corrected chi connectivity index (χ1v) is 26.2. The van der Waals surface area contributed by atoms with Crippen LogP contribution in [0.1, 0.15) is 62.4 Å². The second-order valence-corrected chi connectivity index (χ2v) is 19.4. The topological polar surface area (TPSA) is 138 Å². The smallest absolute Gasteiger partial charge is 0.296 e. The van der Waals surface area contributed by atoms with E-state index in [9.17, 15) is 22.6 Å². The number of nitrogens with two attached hydrogens (primary N) is 1. The molecule has 1 aliphatic carbocycles. The number of aromatic nitrogens is 1. The first kappa shape index (κ1) is 49.4. The molecule has 0 spiro atoms. The van der Waals surface area contributed by atoms with Gasteiger partial charge in [0.2, 0.25) is 0 Å². The maximum atomic E-state index is 13.1. The van der Waals surface area contributed by atoms with Crippen molar-refractivity contribution in [1.29, 1.82) is 0 Å². The first-order chi connectivity index (χ1) is 36.5. The third kappa shape index (κ3) is 9.66. The molecule has 0 fully saturated rings. The summed E-state index contributed by atoms with van der Waals surface area (Å²) < 4.78 is 35.6. The average molecular weight is 1010 g/mol. The van der Waals surface area contributed by atoms with Crippen molar-refractivity contribution in [3.8, 4) is 11.3 Å². The Balaban J connectivity index is 0.000000195. The summed E-state index contributed by atoms with van der Waals surface area (Å²) in [5.74, 6) is 0.186. The lowest BCUT2D eigenvalue weighted by molar-refractivity contribution is 0.0980. The minimum Gasteiger partial charge on any atom is -0.397 e. The van der Waals surface area contributed by atoms with Crippen LogP contribution in [-0.2, 0) is 17.2 Å². The number of hydrogen-bond acceptors (Lipinski definition) is 8.